The number of aromatic nitrogens is 3. The van der Waals surface area contributed by atoms with Crippen molar-refractivity contribution in [2.45, 2.75) is 76.5 Å². The predicted octanol–water partition coefficient (Wildman–Crippen LogP) is 6.22. The first-order valence-electron chi connectivity index (χ1n) is 17.6. The number of nitrogens with zero attached hydrogens (tertiary/aromatic N) is 3. The highest BCUT2D eigenvalue weighted by Crippen LogP contribution is 2.43. The number of hydrogen-bond donors (Lipinski definition) is 5. The van der Waals surface area contributed by atoms with E-state index < -0.39 is 23.9 Å². The van der Waals surface area contributed by atoms with E-state index in [1.54, 1.807) is 26.3 Å². The van der Waals surface area contributed by atoms with Gasteiger partial charge in [-0.05, 0) is 61.9 Å². The van der Waals surface area contributed by atoms with Crippen molar-refractivity contribution in [3.8, 4) is 34.3 Å². The first kappa shape index (κ1) is 38.2. The lowest BCUT2D eigenvalue weighted by atomic mass is 9.83. The molecule has 1 unspecified atom stereocenters. The van der Waals surface area contributed by atoms with Gasteiger partial charge in [-0.2, -0.15) is 18.2 Å². The minimum atomic E-state index is -4.68. The standard InChI is InChI=1S/C38H43ClF3N7O4/c1-21(50)17-43-19-23-16-29(38(40,41)42)35(49-37(23)53-3)47-30-9-5-6-25-26(30)7-4-8-27(25)34-33(39)28(14-15-45-34)31-12-10-22(36(48-31)52-2)18-44-20-24-11-13-32(51)46-24/h4,7-8,10,12,14-16,21,24,30,43-44,50H,5-6,9,11,13,17-20H2,1-3H3,(H,46,51)(H,47,49)/t21?,24-,30+/m0/s1. The number of alkyl halides is 3. The van der Waals surface area contributed by atoms with E-state index in [2.05, 4.69) is 31.2 Å². The Balaban J connectivity index is 1.27. The number of aliphatic hydroxyl groups is 1. The van der Waals surface area contributed by atoms with Crippen LogP contribution in [0.4, 0.5) is 19.0 Å². The Bertz CT molecular complexity index is 1940. The fourth-order valence-electron chi connectivity index (χ4n) is 6.94. The zero-order valence-corrected chi connectivity index (χ0v) is 30.5. The van der Waals surface area contributed by atoms with Crippen molar-refractivity contribution in [2.75, 3.05) is 32.6 Å². The lowest BCUT2D eigenvalue weighted by molar-refractivity contribution is -0.137. The summed E-state index contributed by atoms with van der Waals surface area (Å²) in [6.45, 7) is 2.96. The van der Waals surface area contributed by atoms with Gasteiger partial charge < -0.3 is 35.8 Å². The predicted molar refractivity (Wildman–Crippen MR) is 196 cm³/mol. The Morgan fingerprint density at radius 1 is 1.00 bits per heavy atom. The number of nitrogens with one attached hydrogen (secondary N) is 4. The molecule has 1 amide bonds. The maximum absolute atomic E-state index is 14.4. The summed E-state index contributed by atoms with van der Waals surface area (Å²) in [4.78, 5) is 25.2. The summed E-state index contributed by atoms with van der Waals surface area (Å²) in [6, 6.07) is 11.9. The zero-order valence-electron chi connectivity index (χ0n) is 29.7. The van der Waals surface area contributed by atoms with E-state index >= 15 is 0 Å². The van der Waals surface area contributed by atoms with E-state index in [4.69, 9.17) is 26.1 Å². The average Bonchev–Trinajstić information content (AvgIpc) is 3.56. The highest BCUT2D eigenvalue weighted by atomic mass is 35.5. The molecule has 0 bridgehead atoms. The second-order valence-electron chi connectivity index (χ2n) is 13.3. The van der Waals surface area contributed by atoms with Gasteiger partial charge in [0.25, 0.3) is 0 Å². The van der Waals surface area contributed by atoms with Gasteiger partial charge in [0.15, 0.2) is 0 Å². The molecule has 1 aliphatic carbocycles. The summed E-state index contributed by atoms with van der Waals surface area (Å²) >= 11 is 7.09. The molecule has 53 heavy (non-hydrogen) atoms. The summed E-state index contributed by atoms with van der Waals surface area (Å²) in [5.74, 6) is 0.252. The molecule has 4 heterocycles. The lowest BCUT2D eigenvalue weighted by Gasteiger charge is -2.30. The number of ether oxygens (including phenoxy) is 2. The van der Waals surface area contributed by atoms with Crippen molar-refractivity contribution < 1.29 is 32.5 Å². The highest BCUT2D eigenvalue weighted by molar-refractivity contribution is 6.35. The largest absolute Gasteiger partial charge is 0.481 e. The third-order valence-corrected chi connectivity index (χ3v) is 9.86. The summed E-state index contributed by atoms with van der Waals surface area (Å²) in [5.41, 5.74) is 4.52. The van der Waals surface area contributed by atoms with Crippen LogP contribution in [0.5, 0.6) is 11.8 Å². The topological polar surface area (TPSA) is 143 Å². The van der Waals surface area contributed by atoms with Crippen LogP contribution in [0.3, 0.4) is 0 Å². The Morgan fingerprint density at radius 2 is 1.77 bits per heavy atom. The normalized spacial score (nSPS) is 17.6. The van der Waals surface area contributed by atoms with Crippen LogP contribution in [0.1, 0.15) is 66.5 Å². The van der Waals surface area contributed by atoms with Crippen molar-refractivity contribution in [1.82, 2.24) is 30.9 Å². The third kappa shape index (κ3) is 8.84. The molecular weight excluding hydrogens is 711 g/mol. The zero-order chi connectivity index (χ0) is 37.7. The fraction of sp³-hybridized carbons (Fsp3) is 0.421. The first-order chi connectivity index (χ1) is 25.5. The summed E-state index contributed by atoms with van der Waals surface area (Å²) < 4.78 is 54.3. The van der Waals surface area contributed by atoms with Crippen LogP contribution < -0.4 is 30.7 Å². The highest BCUT2D eigenvalue weighted by Gasteiger charge is 2.37. The summed E-state index contributed by atoms with van der Waals surface area (Å²) in [7, 11) is 2.92. The Morgan fingerprint density at radius 3 is 2.49 bits per heavy atom. The second-order valence-corrected chi connectivity index (χ2v) is 13.7. The molecule has 1 aliphatic heterocycles. The van der Waals surface area contributed by atoms with E-state index in [0.717, 1.165) is 34.7 Å². The number of fused-ring (bicyclic) bond motifs is 1. The minimum Gasteiger partial charge on any atom is -0.481 e. The van der Waals surface area contributed by atoms with Gasteiger partial charge in [-0.1, -0.05) is 35.9 Å². The number of pyridine rings is 3. The molecule has 11 nitrogen and oxygen atoms in total. The van der Waals surface area contributed by atoms with E-state index in [1.165, 1.54) is 7.11 Å². The van der Waals surface area contributed by atoms with Gasteiger partial charge in [0.1, 0.15) is 5.82 Å². The molecular formula is C38H43ClF3N7O4. The van der Waals surface area contributed by atoms with Crippen LogP contribution in [-0.4, -0.2) is 65.4 Å². The number of hydrogen-bond acceptors (Lipinski definition) is 10. The third-order valence-electron chi connectivity index (χ3n) is 9.48. The average molecular weight is 754 g/mol. The number of carbonyl (C=O) groups is 1. The van der Waals surface area contributed by atoms with Crippen molar-refractivity contribution >= 4 is 23.3 Å². The second kappa shape index (κ2) is 16.7. The number of carbonyl (C=O) groups excluding carboxylic acids is 1. The first-order valence-corrected chi connectivity index (χ1v) is 18.0. The van der Waals surface area contributed by atoms with Gasteiger partial charge in [-0.15, -0.1) is 0 Å². The molecule has 1 saturated heterocycles. The number of rotatable bonds is 14. The van der Waals surface area contributed by atoms with Gasteiger partial charge in [-0.25, -0.2) is 4.98 Å². The minimum absolute atomic E-state index is 0.0406. The van der Waals surface area contributed by atoms with Crippen molar-refractivity contribution in [2.24, 2.45) is 0 Å². The number of halogens is 4. The van der Waals surface area contributed by atoms with E-state index in [0.29, 0.717) is 66.6 Å². The van der Waals surface area contributed by atoms with Crippen molar-refractivity contribution in [3.63, 3.8) is 0 Å². The smallest absolute Gasteiger partial charge is 0.419 e. The van der Waals surface area contributed by atoms with Crippen molar-refractivity contribution in [3.05, 3.63) is 81.5 Å². The molecule has 1 fully saturated rings. The maximum Gasteiger partial charge on any atom is 0.419 e. The molecule has 282 valence electrons. The molecule has 0 saturated carbocycles. The van der Waals surface area contributed by atoms with Crippen LogP contribution in [-0.2, 0) is 30.5 Å². The molecule has 1 aromatic carbocycles. The van der Waals surface area contributed by atoms with Crippen LogP contribution in [0.2, 0.25) is 5.02 Å². The SMILES string of the molecule is COc1nc(-c2ccnc(-c3cccc4c3CCC[C@H]4Nc3nc(OC)c(CNCC(C)O)cc3C(F)(F)F)c2Cl)ccc1CNC[C@@H]1CCC(=O)N1. The molecule has 0 spiro atoms. The molecule has 0 radical (unpaired) electrons. The molecule has 2 aliphatic rings. The number of anilines is 1. The fourth-order valence-corrected chi connectivity index (χ4v) is 7.25. The van der Waals surface area contributed by atoms with E-state index in [1.807, 2.05) is 30.3 Å². The maximum atomic E-state index is 14.4. The Kier molecular flexibility index (Phi) is 12.0. The van der Waals surface area contributed by atoms with E-state index in [-0.39, 0.29) is 42.3 Å². The van der Waals surface area contributed by atoms with Crippen LogP contribution in [0, 0.1) is 0 Å². The number of methoxy groups -OCH3 is 2. The van der Waals surface area contributed by atoms with Gasteiger partial charge in [0.05, 0.1) is 48.3 Å². The molecule has 4 aromatic rings. The molecule has 3 atom stereocenters. The molecule has 3 aromatic heterocycles. The number of benzene rings is 1. The lowest BCUT2D eigenvalue weighted by Crippen LogP contribution is -2.35. The van der Waals surface area contributed by atoms with Crippen LogP contribution in [0.15, 0.2) is 48.7 Å². The van der Waals surface area contributed by atoms with Gasteiger partial charge in [0.2, 0.25) is 17.7 Å². The number of aliphatic hydroxyl groups excluding tert-OH is 1. The summed E-state index contributed by atoms with van der Waals surface area (Å²) in [6.07, 6.45) is -0.373. The van der Waals surface area contributed by atoms with Crippen LogP contribution >= 0.6 is 11.6 Å². The monoisotopic (exact) mass is 753 g/mol. The quantitative estimate of drug-likeness (QED) is 0.101. The number of amides is 1. The molecule has 5 N–H and O–H groups in total. The van der Waals surface area contributed by atoms with Crippen LogP contribution in [0.25, 0.3) is 22.5 Å². The van der Waals surface area contributed by atoms with Crippen molar-refractivity contribution in [1.29, 1.82) is 0 Å². The van der Waals surface area contributed by atoms with Gasteiger partial charge >= 0.3 is 6.18 Å². The Labute approximate surface area is 311 Å². The van der Waals surface area contributed by atoms with E-state index in [9.17, 15) is 23.1 Å². The van der Waals surface area contributed by atoms with Gasteiger partial charge in [0, 0.05) is 67.1 Å². The summed E-state index contributed by atoms with van der Waals surface area (Å²) in [5, 5.41) is 22.3. The molecule has 15 heteroatoms. The molecule has 6 rings (SSSR count). The van der Waals surface area contributed by atoms with Gasteiger partial charge in [-0.3, -0.25) is 9.78 Å². The Hall–Kier alpha value is -4.50.